The summed E-state index contributed by atoms with van der Waals surface area (Å²) < 4.78 is 4.79. The van der Waals surface area contributed by atoms with Gasteiger partial charge in [0.05, 0.1) is 6.61 Å². The Morgan fingerprint density at radius 3 is 1.80 bits per heavy atom. The Kier molecular flexibility index (Phi) is 17.0. The van der Waals surface area contributed by atoms with E-state index < -0.39 is 5.97 Å². The molecule has 4 aromatic heterocycles. The molecule has 0 fully saturated rings. The molecule has 14 heteroatoms. The predicted octanol–water partition coefficient (Wildman–Crippen LogP) is 6.93. The van der Waals surface area contributed by atoms with Gasteiger partial charge in [-0.3, -0.25) is 24.4 Å². The van der Waals surface area contributed by atoms with E-state index in [1.54, 1.807) is 49.9 Å². The van der Waals surface area contributed by atoms with Gasteiger partial charge in [0.15, 0.2) is 27.6 Å². The van der Waals surface area contributed by atoms with Crippen molar-refractivity contribution < 1.29 is 23.9 Å². The minimum Gasteiger partial charge on any atom is -0.461 e. The van der Waals surface area contributed by atoms with Crippen LogP contribution in [0.1, 0.15) is 108 Å². The van der Waals surface area contributed by atoms with Crippen molar-refractivity contribution in [1.29, 1.82) is 0 Å². The van der Waals surface area contributed by atoms with Crippen LogP contribution >= 0.6 is 23.5 Å². The smallest absolute Gasteiger partial charge is 0.357 e. The Labute approximate surface area is 308 Å². The van der Waals surface area contributed by atoms with Gasteiger partial charge < -0.3 is 10.1 Å². The summed E-state index contributed by atoms with van der Waals surface area (Å²) in [6.07, 6.45) is 10.6. The fraction of sp³-hybridized carbons (Fsp3) is 0.405. The molecule has 0 atom stereocenters. The molecule has 0 unspecified atom stereocenters. The fourth-order valence-corrected chi connectivity index (χ4v) is 4.86. The van der Waals surface area contributed by atoms with Gasteiger partial charge in [-0.25, -0.2) is 24.7 Å². The van der Waals surface area contributed by atoms with Crippen molar-refractivity contribution in [3.63, 3.8) is 0 Å². The minimum absolute atomic E-state index is 0.0288. The van der Waals surface area contributed by atoms with E-state index in [0.717, 1.165) is 5.56 Å². The molecule has 0 radical (unpaired) electrons. The van der Waals surface area contributed by atoms with Crippen molar-refractivity contribution in [3.8, 4) is 0 Å². The number of esters is 1. The van der Waals surface area contributed by atoms with Crippen LogP contribution in [0.5, 0.6) is 0 Å². The standard InChI is InChI=1S/C17H20N4O2S.C12H17NO.C8H10N2O2S/c1-17(2,3)21-15(23)14-11(6-5-8-18-14)10-13(22)12-7-9-19-16(20-12)24-4;1-9-6-5-7-13-11(9)10(14)8-12(2,3)4;1-3-12-7(11)6-4-5-9-8(10-6)13-2/h5-9H,10H2,1-4H3,(H,21,23);5-7H,8H2,1-4H3;4-5H,3H2,1-2H3. The third-order valence-electron chi connectivity index (χ3n) is 6.31. The Bertz CT molecular complexity index is 1790. The zero-order valence-electron chi connectivity index (χ0n) is 30.9. The maximum atomic E-state index is 12.5. The van der Waals surface area contributed by atoms with Gasteiger partial charge >= 0.3 is 5.97 Å². The van der Waals surface area contributed by atoms with Crippen LogP contribution in [-0.2, 0) is 11.2 Å². The number of ketones is 2. The molecule has 12 nitrogen and oxygen atoms in total. The summed E-state index contributed by atoms with van der Waals surface area (Å²) >= 11 is 2.76. The molecular formula is C37H47N7O5S2. The molecule has 0 aliphatic heterocycles. The molecule has 51 heavy (non-hydrogen) atoms. The number of hydrogen-bond donors (Lipinski definition) is 1. The quantitative estimate of drug-likeness (QED) is 0.0772. The number of ether oxygens (including phenoxy) is 1. The first-order valence-corrected chi connectivity index (χ1v) is 18.6. The third-order valence-corrected chi connectivity index (χ3v) is 7.44. The second kappa shape index (κ2) is 20.3. The molecule has 0 saturated heterocycles. The monoisotopic (exact) mass is 733 g/mol. The van der Waals surface area contributed by atoms with Crippen LogP contribution in [0.25, 0.3) is 0 Å². The second-order valence-electron chi connectivity index (χ2n) is 13.2. The lowest BCUT2D eigenvalue weighted by atomic mass is 9.88. The highest BCUT2D eigenvalue weighted by Crippen LogP contribution is 2.22. The van der Waals surface area contributed by atoms with E-state index in [4.69, 9.17) is 4.74 Å². The van der Waals surface area contributed by atoms with Gasteiger partial charge in [-0.1, -0.05) is 56.4 Å². The zero-order valence-corrected chi connectivity index (χ0v) is 32.6. The third kappa shape index (κ3) is 15.5. The van der Waals surface area contributed by atoms with Crippen molar-refractivity contribution in [2.45, 2.75) is 84.1 Å². The number of amides is 1. The highest BCUT2D eigenvalue weighted by atomic mass is 32.2. The summed E-state index contributed by atoms with van der Waals surface area (Å²) in [5.41, 5.74) is 2.70. The lowest BCUT2D eigenvalue weighted by Crippen LogP contribution is -2.41. The van der Waals surface area contributed by atoms with Crippen LogP contribution in [0.4, 0.5) is 0 Å². The number of carbonyl (C=O) groups excluding carboxylic acids is 4. The largest absolute Gasteiger partial charge is 0.461 e. The Hall–Kier alpha value is -4.56. The van der Waals surface area contributed by atoms with Gasteiger partial charge in [-0.05, 0) is 87.9 Å². The molecule has 0 aromatic carbocycles. The number of nitrogens with one attached hydrogen (secondary N) is 1. The maximum Gasteiger partial charge on any atom is 0.357 e. The van der Waals surface area contributed by atoms with Crippen molar-refractivity contribution in [2.24, 2.45) is 5.41 Å². The molecule has 1 N–H and O–H groups in total. The lowest BCUT2D eigenvalue weighted by Gasteiger charge is -2.20. The highest BCUT2D eigenvalue weighted by Gasteiger charge is 2.21. The van der Waals surface area contributed by atoms with E-state index in [1.165, 1.54) is 29.6 Å². The van der Waals surface area contributed by atoms with E-state index in [-0.39, 0.29) is 40.5 Å². The number of carbonyl (C=O) groups is 4. The van der Waals surface area contributed by atoms with E-state index in [0.29, 0.717) is 46.0 Å². The first-order valence-electron chi connectivity index (χ1n) is 16.1. The van der Waals surface area contributed by atoms with Crippen LogP contribution in [0.2, 0.25) is 0 Å². The number of Topliss-reactive ketones (excluding diaryl/α,β-unsaturated/α-hetero) is 2. The summed E-state index contributed by atoms with van der Waals surface area (Å²) in [6, 6.07) is 10.3. The number of nitrogens with zero attached hydrogens (tertiary/aromatic N) is 6. The predicted molar refractivity (Wildman–Crippen MR) is 200 cm³/mol. The number of aromatic nitrogens is 6. The SMILES string of the molecule is CCOC(=O)c1ccnc(SC)n1.CSc1nccc(C(=O)Cc2cccnc2C(=O)NC(C)(C)C)n1.Cc1cccnc1C(=O)CC(C)(C)C. The van der Waals surface area contributed by atoms with Crippen molar-refractivity contribution in [2.75, 3.05) is 19.1 Å². The minimum atomic E-state index is -0.403. The Morgan fingerprint density at radius 2 is 1.27 bits per heavy atom. The Balaban J connectivity index is 0.000000285. The average Bonchev–Trinajstić information content (AvgIpc) is 3.08. The molecule has 0 spiro atoms. The number of pyridine rings is 2. The maximum absolute atomic E-state index is 12.5. The van der Waals surface area contributed by atoms with Crippen molar-refractivity contribution in [1.82, 2.24) is 35.2 Å². The lowest BCUT2D eigenvalue weighted by molar-refractivity contribution is 0.0517. The fourth-order valence-electron chi connectivity index (χ4n) is 4.14. The summed E-state index contributed by atoms with van der Waals surface area (Å²) in [6.45, 7) is 15.9. The highest BCUT2D eigenvalue weighted by molar-refractivity contribution is 7.98. The molecule has 0 aliphatic carbocycles. The van der Waals surface area contributed by atoms with E-state index >= 15 is 0 Å². The van der Waals surface area contributed by atoms with Gasteiger partial charge in [0, 0.05) is 43.2 Å². The van der Waals surface area contributed by atoms with Gasteiger partial charge in [0.2, 0.25) is 0 Å². The second-order valence-corrected chi connectivity index (χ2v) is 14.8. The first kappa shape index (κ1) is 42.6. The summed E-state index contributed by atoms with van der Waals surface area (Å²) in [7, 11) is 0. The number of rotatable bonds is 10. The zero-order chi connectivity index (χ0) is 38.2. The van der Waals surface area contributed by atoms with Crippen LogP contribution in [0.15, 0.2) is 71.5 Å². The summed E-state index contributed by atoms with van der Waals surface area (Å²) in [5, 5.41) is 3.98. The van der Waals surface area contributed by atoms with Gasteiger partial charge in [0.1, 0.15) is 17.1 Å². The summed E-state index contributed by atoms with van der Waals surface area (Å²) in [5.74, 6) is -0.736. The van der Waals surface area contributed by atoms with Crippen molar-refractivity contribution in [3.05, 3.63) is 95.1 Å². The van der Waals surface area contributed by atoms with Gasteiger partial charge in [0.25, 0.3) is 5.91 Å². The molecule has 0 aliphatic rings. The van der Waals surface area contributed by atoms with Gasteiger partial charge in [-0.15, -0.1) is 0 Å². The van der Waals surface area contributed by atoms with E-state index in [9.17, 15) is 19.2 Å². The molecule has 0 saturated carbocycles. The molecular weight excluding hydrogens is 687 g/mol. The molecule has 272 valence electrons. The van der Waals surface area contributed by atoms with E-state index in [1.807, 2.05) is 52.3 Å². The number of hydrogen-bond acceptors (Lipinski definition) is 13. The number of aryl methyl sites for hydroxylation is 1. The number of thioether (sulfide) groups is 2. The molecule has 4 rings (SSSR count). The molecule has 0 bridgehead atoms. The topological polar surface area (TPSA) is 167 Å². The van der Waals surface area contributed by atoms with Crippen LogP contribution < -0.4 is 5.32 Å². The average molecular weight is 734 g/mol. The molecule has 1 amide bonds. The van der Waals surface area contributed by atoms with Crippen LogP contribution in [0, 0.1) is 12.3 Å². The van der Waals surface area contributed by atoms with E-state index in [2.05, 4.69) is 56.0 Å². The van der Waals surface area contributed by atoms with Crippen LogP contribution in [0.3, 0.4) is 0 Å². The van der Waals surface area contributed by atoms with Crippen molar-refractivity contribution >= 4 is 47.0 Å². The summed E-state index contributed by atoms with van der Waals surface area (Å²) in [4.78, 5) is 72.3. The Morgan fingerprint density at radius 1 is 0.725 bits per heavy atom. The molecule has 4 heterocycles. The van der Waals surface area contributed by atoms with Gasteiger partial charge in [-0.2, -0.15) is 0 Å². The first-order chi connectivity index (χ1) is 24.0. The molecule has 4 aromatic rings. The normalized spacial score (nSPS) is 10.9. The van der Waals surface area contributed by atoms with Crippen LogP contribution in [-0.4, -0.2) is 78.0 Å².